The van der Waals surface area contributed by atoms with Crippen LogP contribution in [0.1, 0.15) is 0 Å². The van der Waals surface area contributed by atoms with Crippen LogP contribution >= 0.6 is 7.14 Å². The molecule has 0 amide bonds. The predicted octanol–water partition coefficient (Wildman–Crippen LogP) is 1.73. The number of rotatable bonds is 6. The fourth-order valence-corrected chi connectivity index (χ4v) is 6.90. The van der Waals surface area contributed by atoms with Gasteiger partial charge in [0.2, 0.25) is 0 Å². The molecule has 0 aliphatic heterocycles. The van der Waals surface area contributed by atoms with E-state index >= 15 is 0 Å². The van der Waals surface area contributed by atoms with E-state index in [0.29, 0.717) is 0 Å². The molecule has 3 aromatic carbocycles. The summed E-state index contributed by atoms with van der Waals surface area (Å²) < 4.78 is 79.4. The second kappa shape index (κ2) is 7.98. The predicted molar refractivity (Wildman–Crippen MR) is 112 cm³/mol. The molecule has 0 atom stereocenters. The average Bonchev–Trinajstić information content (AvgIpc) is 2.72. The quantitative estimate of drug-likeness (QED) is 0.229. The second-order valence-electron chi connectivity index (χ2n) is 6.33. The fourth-order valence-electron chi connectivity index (χ4n) is 2.93. The highest BCUT2D eigenvalue weighted by Crippen LogP contribution is 2.43. The van der Waals surface area contributed by atoms with Gasteiger partial charge in [-0.1, -0.05) is 36.4 Å². The van der Waals surface area contributed by atoms with Crippen molar-refractivity contribution in [3.8, 4) is 0 Å². The maximum atomic E-state index is 14.4. The monoisotopic (exact) mass is 483 g/mol. The van der Waals surface area contributed by atoms with Gasteiger partial charge >= 0.3 is 0 Å². The first-order valence-corrected chi connectivity index (χ1v) is 12.9. The van der Waals surface area contributed by atoms with Gasteiger partial charge in [-0.15, -0.1) is 0 Å². The van der Waals surface area contributed by atoms with Gasteiger partial charge in [0.1, 0.15) is 0 Å². The first kappa shape index (κ1) is 22.8. The third-order valence-corrected chi connectivity index (χ3v) is 9.08. The Labute approximate surface area is 177 Å². The highest BCUT2D eigenvalue weighted by atomic mass is 32.2. The molecule has 3 aromatic rings. The Balaban J connectivity index is 2.40. The van der Waals surface area contributed by atoms with Crippen LogP contribution in [0, 0.1) is 10.1 Å². The van der Waals surface area contributed by atoms with Gasteiger partial charge in [-0.05, 0) is 24.3 Å². The molecule has 3 rings (SSSR count). The van der Waals surface area contributed by atoms with Crippen molar-refractivity contribution in [2.45, 2.75) is 9.79 Å². The van der Waals surface area contributed by atoms with E-state index in [0.717, 1.165) is 36.4 Å². The minimum atomic E-state index is -4.67. The maximum Gasteiger partial charge on any atom is 0.294 e. The molecule has 2 N–H and O–H groups in total. The summed E-state index contributed by atoms with van der Waals surface area (Å²) in [5.41, 5.74) is -0.394. The lowest BCUT2D eigenvalue weighted by atomic mass is 10.3. The van der Waals surface area contributed by atoms with Gasteiger partial charge in [-0.3, -0.25) is 19.2 Å². The van der Waals surface area contributed by atoms with Crippen molar-refractivity contribution >= 4 is 49.0 Å². The Kier molecular flexibility index (Phi) is 5.87. The largest absolute Gasteiger partial charge is 0.309 e. The molecule has 31 heavy (non-hydrogen) atoms. The van der Waals surface area contributed by atoms with Gasteiger partial charge in [0.15, 0.2) is 7.14 Å². The van der Waals surface area contributed by atoms with Crippen molar-refractivity contribution in [1.82, 2.24) is 0 Å². The van der Waals surface area contributed by atoms with Gasteiger partial charge in [0.25, 0.3) is 25.9 Å². The third kappa shape index (κ3) is 4.58. The summed E-state index contributed by atoms with van der Waals surface area (Å²) >= 11 is 0. The summed E-state index contributed by atoms with van der Waals surface area (Å²) in [6, 6.07) is 13.8. The van der Waals surface area contributed by atoms with Crippen LogP contribution in [0.15, 0.2) is 82.6 Å². The van der Waals surface area contributed by atoms with Crippen molar-refractivity contribution < 1.29 is 35.4 Å². The van der Waals surface area contributed by atoms with Gasteiger partial charge in [-0.25, -0.2) is 0 Å². The number of hydrogen-bond acceptors (Lipinski definition) is 7. The SMILES string of the molecule is O=[N+]([O-])c1cccc(P(=O)(c2cccc(S(=O)(=O)O)c2)c2cccc(S(=O)(=O)O)c2)c1. The van der Waals surface area contributed by atoms with Crippen molar-refractivity contribution in [3.05, 3.63) is 82.9 Å². The summed E-state index contributed by atoms with van der Waals surface area (Å²) in [4.78, 5) is 9.37. The molecule has 0 radical (unpaired) electrons. The summed E-state index contributed by atoms with van der Waals surface area (Å²) in [5.74, 6) is 0. The molecule has 0 saturated carbocycles. The second-order valence-corrected chi connectivity index (χ2v) is 11.9. The zero-order chi connectivity index (χ0) is 23.0. The smallest absolute Gasteiger partial charge is 0.294 e. The molecule has 0 spiro atoms. The number of hydrogen-bond donors (Lipinski definition) is 2. The normalized spacial score (nSPS) is 12.5. The lowest BCUT2D eigenvalue weighted by Gasteiger charge is -2.20. The molecule has 0 aromatic heterocycles. The van der Waals surface area contributed by atoms with E-state index in [1.54, 1.807) is 0 Å². The lowest BCUT2D eigenvalue weighted by Crippen LogP contribution is -2.26. The van der Waals surface area contributed by atoms with Gasteiger partial charge in [0.05, 0.1) is 14.7 Å². The van der Waals surface area contributed by atoms with Crippen molar-refractivity contribution in [1.29, 1.82) is 0 Å². The zero-order valence-corrected chi connectivity index (χ0v) is 17.9. The van der Waals surface area contributed by atoms with Crippen molar-refractivity contribution in [2.24, 2.45) is 0 Å². The fraction of sp³-hybridized carbons (Fsp3) is 0. The van der Waals surface area contributed by atoms with Crippen molar-refractivity contribution in [3.63, 3.8) is 0 Å². The highest BCUT2D eigenvalue weighted by Gasteiger charge is 2.33. The number of nitrogens with zero attached hydrogens (tertiary/aromatic N) is 1. The van der Waals surface area contributed by atoms with Crippen LogP contribution in [0.25, 0.3) is 0 Å². The van der Waals surface area contributed by atoms with Crippen LogP contribution in [0.3, 0.4) is 0 Å². The molecule has 13 heteroatoms. The Hall–Kier alpha value is -2.89. The van der Waals surface area contributed by atoms with Crippen molar-refractivity contribution in [2.75, 3.05) is 0 Å². The Morgan fingerprint density at radius 1 is 0.710 bits per heavy atom. The van der Waals surface area contributed by atoms with Crippen LogP contribution in [0.2, 0.25) is 0 Å². The molecule has 0 aliphatic rings. The number of benzene rings is 3. The molecule has 0 aliphatic carbocycles. The van der Waals surface area contributed by atoms with E-state index < -0.39 is 47.8 Å². The standard InChI is InChI=1S/C18H14NO9PS2/c20-19(21)13-4-1-5-14(10-13)29(22,15-6-2-8-17(11-15)30(23,24)25)16-7-3-9-18(12-16)31(26,27)28/h1-12H,(H,23,24,25)(H,26,27,28). The van der Waals surface area contributed by atoms with E-state index in [1.807, 2.05) is 0 Å². The van der Waals surface area contributed by atoms with Crippen LogP contribution in [0.5, 0.6) is 0 Å². The van der Waals surface area contributed by atoms with Gasteiger partial charge < -0.3 is 4.57 Å². The summed E-state index contributed by atoms with van der Waals surface area (Å²) in [7, 11) is -13.4. The number of non-ortho nitro benzene ring substituents is 1. The topological polar surface area (TPSA) is 169 Å². The Morgan fingerprint density at radius 3 is 1.48 bits per heavy atom. The van der Waals surface area contributed by atoms with E-state index in [-0.39, 0.29) is 15.9 Å². The molecule has 0 unspecified atom stereocenters. The summed E-state index contributed by atoms with van der Waals surface area (Å²) in [5, 5.41) is 10.9. The van der Waals surface area contributed by atoms with Crippen LogP contribution in [0.4, 0.5) is 5.69 Å². The van der Waals surface area contributed by atoms with Crippen LogP contribution in [-0.4, -0.2) is 30.9 Å². The van der Waals surface area contributed by atoms with Gasteiger partial charge in [-0.2, -0.15) is 16.8 Å². The molecule has 162 valence electrons. The molecule has 0 saturated heterocycles. The minimum absolute atomic E-state index is 0.0818. The first-order chi connectivity index (χ1) is 14.3. The molecular weight excluding hydrogens is 469 g/mol. The Morgan fingerprint density at radius 2 is 1.10 bits per heavy atom. The molecule has 0 bridgehead atoms. The van der Waals surface area contributed by atoms with Crippen LogP contribution in [-0.2, 0) is 24.8 Å². The number of nitro benzene ring substituents is 1. The summed E-state index contributed by atoms with van der Waals surface area (Å²) in [6.45, 7) is 0. The molecular formula is C18H14NO9PS2. The molecule has 0 heterocycles. The third-order valence-electron chi connectivity index (χ3n) is 4.36. The van der Waals surface area contributed by atoms with E-state index in [4.69, 9.17) is 0 Å². The van der Waals surface area contributed by atoms with Gasteiger partial charge in [0, 0.05) is 28.0 Å². The van der Waals surface area contributed by atoms with Crippen LogP contribution < -0.4 is 15.9 Å². The number of nitro groups is 1. The summed E-state index contributed by atoms with van der Waals surface area (Å²) in [6.07, 6.45) is 0. The average molecular weight is 483 g/mol. The first-order valence-electron chi connectivity index (χ1n) is 8.35. The molecule has 10 nitrogen and oxygen atoms in total. The van der Waals surface area contributed by atoms with E-state index in [1.165, 1.54) is 36.4 Å². The Bertz CT molecular complexity index is 1370. The zero-order valence-electron chi connectivity index (χ0n) is 15.4. The minimum Gasteiger partial charge on any atom is -0.309 e. The van der Waals surface area contributed by atoms with E-state index in [9.17, 15) is 40.6 Å². The lowest BCUT2D eigenvalue weighted by molar-refractivity contribution is -0.384. The molecule has 0 fully saturated rings. The highest BCUT2D eigenvalue weighted by molar-refractivity contribution is 7.87. The maximum absolute atomic E-state index is 14.4. The van der Waals surface area contributed by atoms with E-state index in [2.05, 4.69) is 0 Å².